The largest absolute Gasteiger partial charge is 0.362 e. The highest BCUT2D eigenvalue weighted by Crippen LogP contribution is 2.35. The van der Waals surface area contributed by atoms with Crippen LogP contribution < -0.4 is 5.32 Å². The van der Waals surface area contributed by atoms with Crippen LogP contribution in [0.4, 0.5) is 5.13 Å². The maximum absolute atomic E-state index is 4.65. The Balaban J connectivity index is 2.28. The van der Waals surface area contributed by atoms with Crippen LogP contribution in [0, 0.1) is 6.92 Å². The van der Waals surface area contributed by atoms with Crippen molar-refractivity contribution in [2.24, 2.45) is 0 Å². The minimum Gasteiger partial charge on any atom is -0.362 e. The van der Waals surface area contributed by atoms with E-state index in [2.05, 4.69) is 48.4 Å². The molecule has 2 rings (SSSR count). The number of aromatic nitrogens is 2. The number of rotatable bonds is 5. The van der Waals surface area contributed by atoms with Crippen LogP contribution in [0.2, 0.25) is 0 Å². The summed E-state index contributed by atoms with van der Waals surface area (Å²) in [6, 6.07) is 0. The molecule has 0 aliphatic carbocycles. The average molecular weight is 281 g/mol. The second-order valence-electron chi connectivity index (χ2n) is 4.57. The van der Waals surface area contributed by atoms with Crippen molar-refractivity contribution in [3.63, 3.8) is 0 Å². The molecule has 2 heterocycles. The Morgan fingerprint density at radius 2 is 2.11 bits per heavy atom. The lowest BCUT2D eigenvalue weighted by Crippen LogP contribution is -1.98. The molecular weight excluding hydrogens is 262 g/mol. The van der Waals surface area contributed by atoms with E-state index in [1.165, 1.54) is 10.6 Å². The van der Waals surface area contributed by atoms with Gasteiger partial charge < -0.3 is 5.32 Å². The predicted octanol–water partition coefficient (Wildman–Crippen LogP) is 4.52. The van der Waals surface area contributed by atoms with Gasteiger partial charge in [0.2, 0.25) is 0 Å². The van der Waals surface area contributed by atoms with Crippen LogP contribution in [-0.4, -0.2) is 16.5 Å². The van der Waals surface area contributed by atoms with E-state index in [0.717, 1.165) is 28.8 Å². The summed E-state index contributed by atoms with van der Waals surface area (Å²) in [5.74, 6) is 0.443. The molecule has 0 aliphatic heterocycles. The highest BCUT2D eigenvalue weighted by Gasteiger charge is 2.16. The van der Waals surface area contributed by atoms with Crippen LogP contribution in [0.1, 0.15) is 43.8 Å². The normalized spacial score (nSPS) is 11.2. The van der Waals surface area contributed by atoms with Crippen LogP contribution in [0.3, 0.4) is 0 Å². The van der Waals surface area contributed by atoms with Gasteiger partial charge in [0, 0.05) is 11.9 Å². The molecule has 0 fully saturated rings. The van der Waals surface area contributed by atoms with Crippen molar-refractivity contribution in [3.8, 4) is 10.6 Å². The Bertz CT molecular complexity index is 514. The number of nitrogens with zero attached hydrogens (tertiary/aromatic N) is 2. The summed E-state index contributed by atoms with van der Waals surface area (Å²) in [6.45, 7) is 9.56. The molecule has 0 unspecified atom stereocenters. The molecule has 0 atom stereocenters. The molecule has 0 aromatic carbocycles. The van der Waals surface area contributed by atoms with Gasteiger partial charge in [0.05, 0.1) is 21.3 Å². The zero-order valence-electron chi connectivity index (χ0n) is 11.3. The molecular formula is C13H19N3S2. The van der Waals surface area contributed by atoms with Crippen molar-refractivity contribution in [1.29, 1.82) is 0 Å². The zero-order valence-corrected chi connectivity index (χ0v) is 12.9. The standard InChI is InChI=1S/C13H19N3S2/c1-5-6-14-13-16-10(7-17-13)12-11(8(2)3)15-9(4)18-12/h7-8H,5-6H2,1-4H3,(H,14,16). The topological polar surface area (TPSA) is 37.8 Å². The first-order chi connectivity index (χ1) is 8.61. The zero-order chi connectivity index (χ0) is 13.1. The van der Waals surface area contributed by atoms with E-state index < -0.39 is 0 Å². The SMILES string of the molecule is CCCNc1nc(-c2sc(C)nc2C(C)C)cs1. The molecule has 0 saturated carbocycles. The molecule has 3 nitrogen and oxygen atoms in total. The molecule has 0 spiro atoms. The second kappa shape index (κ2) is 5.80. The van der Waals surface area contributed by atoms with E-state index in [-0.39, 0.29) is 0 Å². The van der Waals surface area contributed by atoms with Crippen molar-refractivity contribution in [2.45, 2.75) is 40.0 Å². The predicted molar refractivity (Wildman–Crippen MR) is 80.8 cm³/mol. The number of nitrogens with one attached hydrogen (secondary N) is 1. The maximum Gasteiger partial charge on any atom is 0.183 e. The first kappa shape index (κ1) is 13.5. The van der Waals surface area contributed by atoms with Crippen LogP contribution in [-0.2, 0) is 0 Å². The van der Waals surface area contributed by atoms with Gasteiger partial charge in [0.15, 0.2) is 5.13 Å². The Morgan fingerprint density at radius 3 is 2.78 bits per heavy atom. The van der Waals surface area contributed by atoms with Crippen molar-refractivity contribution >= 4 is 27.8 Å². The van der Waals surface area contributed by atoms with Crippen LogP contribution in [0.15, 0.2) is 5.38 Å². The Hall–Kier alpha value is -0.940. The molecule has 0 saturated heterocycles. The highest BCUT2D eigenvalue weighted by atomic mass is 32.1. The van der Waals surface area contributed by atoms with E-state index in [0.29, 0.717) is 5.92 Å². The molecule has 0 radical (unpaired) electrons. The summed E-state index contributed by atoms with van der Waals surface area (Å²) in [4.78, 5) is 10.5. The fraction of sp³-hybridized carbons (Fsp3) is 0.538. The lowest BCUT2D eigenvalue weighted by atomic mass is 10.1. The summed E-state index contributed by atoms with van der Waals surface area (Å²) < 4.78 is 0. The van der Waals surface area contributed by atoms with Gasteiger partial charge in [-0.3, -0.25) is 0 Å². The molecule has 5 heteroatoms. The van der Waals surface area contributed by atoms with E-state index in [9.17, 15) is 0 Å². The monoisotopic (exact) mass is 281 g/mol. The third kappa shape index (κ3) is 2.90. The Morgan fingerprint density at radius 1 is 1.33 bits per heavy atom. The maximum atomic E-state index is 4.65. The lowest BCUT2D eigenvalue weighted by molar-refractivity contribution is 0.830. The van der Waals surface area contributed by atoms with Crippen LogP contribution in [0.5, 0.6) is 0 Å². The van der Waals surface area contributed by atoms with E-state index in [1.54, 1.807) is 22.7 Å². The number of hydrogen-bond acceptors (Lipinski definition) is 5. The Labute approximate surface area is 116 Å². The van der Waals surface area contributed by atoms with Gasteiger partial charge in [-0.1, -0.05) is 20.8 Å². The van der Waals surface area contributed by atoms with Crippen molar-refractivity contribution in [3.05, 3.63) is 16.1 Å². The summed E-state index contributed by atoms with van der Waals surface area (Å²) in [5.41, 5.74) is 2.23. The highest BCUT2D eigenvalue weighted by molar-refractivity contribution is 7.16. The second-order valence-corrected chi connectivity index (χ2v) is 6.63. The first-order valence-corrected chi connectivity index (χ1v) is 7.98. The number of thiazole rings is 2. The van der Waals surface area contributed by atoms with Crippen molar-refractivity contribution in [1.82, 2.24) is 9.97 Å². The van der Waals surface area contributed by atoms with Gasteiger partial charge in [-0.2, -0.15) is 0 Å². The first-order valence-electron chi connectivity index (χ1n) is 6.29. The minimum atomic E-state index is 0.443. The third-order valence-corrected chi connectivity index (χ3v) is 4.38. The molecule has 98 valence electrons. The molecule has 0 bridgehead atoms. The molecule has 1 N–H and O–H groups in total. The van der Waals surface area contributed by atoms with Gasteiger partial charge in [0.25, 0.3) is 0 Å². The van der Waals surface area contributed by atoms with Gasteiger partial charge in [-0.15, -0.1) is 22.7 Å². The van der Waals surface area contributed by atoms with Gasteiger partial charge in [-0.25, -0.2) is 9.97 Å². The van der Waals surface area contributed by atoms with E-state index in [4.69, 9.17) is 0 Å². The minimum absolute atomic E-state index is 0.443. The summed E-state index contributed by atoms with van der Waals surface area (Å²) in [5, 5.41) is 7.58. The number of anilines is 1. The third-order valence-electron chi connectivity index (χ3n) is 2.57. The quantitative estimate of drug-likeness (QED) is 0.875. The van der Waals surface area contributed by atoms with Crippen LogP contribution >= 0.6 is 22.7 Å². The Kier molecular flexibility index (Phi) is 4.35. The average Bonchev–Trinajstić information content (AvgIpc) is 2.92. The van der Waals surface area contributed by atoms with Gasteiger partial charge >= 0.3 is 0 Å². The molecule has 18 heavy (non-hydrogen) atoms. The summed E-state index contributed by atoms with van der Waals surface area (Å²) in [6.07, 6.45) is 1.12. The number of aryl methyl sites for hydroxylation is 1. The summed E-state index contributed by atoms with van der Waals surface area (Å²) >= 11 is 3.41. The van der Waals surface area contributed by atoms with Crippen molar-refractivity contribution < 1.29 is 0 Å². The fourth-order valence-corrected chi connectivity index (χ4v) is 3.55. The van der Waals surface area contributed by atoms with Crippen molar-refractivity contribution in [2.75, 3.05) is 11.9 Å². The van der Waals surface area contributed by atoms with E-state index >= 15 is 0 Å². The van der Waals surface area contributed by atoms with Crippen LogP contribution in [0.25, 0.3) is 10.6 Å². The molecule has 2 aromatic heterocycles. The molecule has 0 amide bonds. The molecule has 2 aromatic rings. The van der Waals surface area contributed by atoms with E-state index in [1.807, 2.05) is 0 Å². The number of hydrogen-bond donors (Lipinski definition) is 1. The summed E-state index contributed by atoms with van der Waals surface area (Å²) in [7, 11) is 0. The smallest absolute Gasteiger partial charge is 0.183 e. The lowest BCUT2D eigenvalue weighted by Gasteiger charge is -2.02. The fourth-order valence-electron chi connectivity index (χ4n) is 1.71. The molecule has 0 aliphatic rings. The van der Waals surface area contributed by atoms with Gasteiger partial charge in [-0.05, 0) is 19.3 Å². The van der Waals surface area contributed by atoms with Gasteiger partial charge in [0.1, 0.15) is 0 Å².